The lowest BCUT2D eigenvalue weighted by Gasteiger charge is -2.25. The zero-order chi connectivity index (χ0) is 20.4. The minimum absolute atomic E-state index is 0.0177. The number of benzene rings is 1. The highest BCUT2D eigenvalue weighted by molar-refractivity contribution is 6.03. The predicted molar refractivity (Wildman–Crippen MR) is 99.7 cm³/mol. The maximum atomic E-state index is 12.3. The normalized spacial score (nSPS) is 14.2. The van der Waals surface area contributed by atoms with Gasteiger partial charge in [0, 0.05) is 19.6 Å². The van der Waals surface area contributed by atoms with Gasteiger partial charge in [-0.15, -0.1) is 0 Å². The highest BCUT2D eigenvalue weighted by atomic mass is 16.7. The Balaban J connectivity index is 2.60. The van der Waals surface area contributed by atoms with E-state index in [1.165, 1.54) is 13.8 Å². The van der Waals surface area contributed by atoms with Crippen molar-refractivity contribution in [2.24, 2.45) is 0 Å². The van der Waals surface area contributed by atoms with Crippen molar-refractivity contribution in [3.8, 4) is 5.75 Å². The molecule has 8 heteroatoms. The summed E-state index contributed by atoms with van der Waals surface area (Å²) in [7, 11) is 0. The number of carbonyl (C=O) groups is 1. The molecule has 1 aromatic carbocycles. The maximum Gasteiger partial charge on any atom is 0.197 e. The summed E-state index contributed by atoms with van der Waals surface area (Å²) in [6.07, 6.45) is -1.57. The summed E-state index contributed by atoms with van der Waals surface area (Å²) < 4.78 is 11.1. The van der Waals surface area contributed by atoms with E-state index in [4.69, 9.17) is 19.7 Å². The largest absolute Gasteiger partial charge is 0.464 e. The van der Waals surface area contributed by atoms with Gasteiger partial charge in [0.05, 0.1) is 31.5 Å². The lowest BCUT2D eigenvalue weighted by atomic mass is 9.96. The van der Waals surface area contributed by atoms with E-state index in [9.17, 15) is 15.0 Å². The Morgan fingerprint density at radius 3 is 2.33 bits per heavy atom. The molecule has 0 radical (unpaired) electrons. The van der Waals surface area contributed by atoms with Crippen LogP contribution in [0, 0.1) is 0 Å². The van der Waals surface area contributed by atoms with E-state index in [1.54, 1.807) is 36.1 Å². The fourth-order valence-corrected chi connectivity index (χ4v) is 2.47. The van der Waals surface area contributed by atoms with E-state index in [-0.39, 0.29) is 37.7 Å². The first-order valence-electron chi connectivity index (χ1n) is 8.95. The van der Waals surface area contributed by atoms with Crippen LogP contribution >= 0.6 is 0 Å². The molecule has 0 saturated carbocycles. The SMILES string of the molecule is CC(OCC(O)CN(CCO)CCO)Oc1ccccc1C(=O)C(C)(C)O. The Labute approximate surface area is 160 Å². The molecule has 4 N–H and O–H groups in total. The van der Waals surface area contributed by atoms with Gasteiger partial charge in [0.25, 0.3) is 0 Å². The molecule has 1 rings (SSSR count). The number of ether oxygens (including phenoxy) is 2. The summed E-state index contributed by atoms with van der Waals surface area (Å²) in [5.74, 6) is -0.178. The molecule has 0 bridgehead atoms. The minimum Gasteiger partial charge on any atom is -0.464 e. The zero-order valence-corrected chi connectivity index (χ0v) is 16.2. The number of rotatable bonds is 13. The van der Waals surface area contributed by atoms with Crippen molar-refractivity contribution in [1.29, 1.82) is 0 Å². The fourth-order valence-electron chi connectivity index (χ4n) is 2.47. The number of para-hydroxylation sites is 1. The van der Waals surface area contributed by atoms with Crippen molar-refractivity contribution in [2.75, 3.05) is 39.5 Å². The van der Waals surface area contributed by atoms with E-state index in [2.05, 4.69) is 0 Å². The molecular formula is C19H31NO7. The Bertz CT molecular complexity index is 567. The third-order valence-electron chi connectivity index (χ3n) is 3.81. The topological polar surface area (TPSA) is 120 Å². The molecule has 0 aliphatic rings. The molecular weight excluding hydrogens is 354 g/mol. The predicted octanol–water partition coefficient (Wildman–Crippen LogP) is 0.0291. The third kappa shape index (κ3) is 8.34. The first-order chi connectivity index (χ1) is 12.7. The summed E-state index contributed by atoms with van der Waals surface area (Å²) >= 11 is 0. The van der Waals surface area contributed by atoms with Crippen LogP contribution in [-0.2, 0) is 4.74 Å². The Morgan fingerprint density at radius 2 is 1.78 bits per heavy atom. The highest BCUT2D eigenvalue weighted by Crippen LogP contribution is 2.24. The lowest BCUT2D eigenvalue weighted by Crippen LogP contribution is -2.39. The van der Waals surface area contributed by atoms with Crippen molar-refractivity contribution in [3.63, 3.8) is 0 Å². The van der Waals surface area contributed by atoms with Gasteiger partial charge in [0.2, 0.25) is 0 Å². The van der Waals surface area contributed by atoms with Crippen LogP contribution in [0.25, 0.3) is 0 Å². The molecule has 0 heterocycles. The monoisotopic (exact) mass is 385 g/mol. The van der Waals surface area contributed by atoms with Crippen LogP contribution in [0.4, 0.5) is 0 Å². The van der Waals surface area contributed by atoms with E-state index in [1.807, 2.05) is 0 Å². The molecule has 1 aromatic rings. The molecule has 8 nitrogen and oxygen atoms in total. The van der Waals surface area contributed by atoms with Crippen LogP contribution in [0.1, 0.15) is 31.1 Å². The van der Waals surface area contributed by atoms with E-state index in [0.717, 1.165) is 0 Å². The molecule has 154 valence electrons. The van der Waals surface area contributed by atoms with Gasteiger partial charge in [-0.25, -0.2) is 0 Å². The Kier molecular flexibility index (Phi) is 9.86. The summed E-state index contributed by atoms with van der Waals surface area (Å²) in [6.45, 7) is 5.22. The fraction of sp³-hybridized carbons (Fsp3) is 0.632. The van der Waals surface area contributed by atoms with Crippen LogP contribution < -0.4 is 4.74 Å². The molecule has 0 spiro atoms. The second-order valence-electron chi connectivity index (χ2n) is 6.80. The van der Waals surface area contributed by atoms with Crippen LogP contribution in [0.3, 0.4) is 0 Å². The van der Waals surface area contributed by atoms with Gasteiger partial charge in [0.1, 0.15) is 11.4 Å². The summed E-state index contributed by atoms with van der Waals surface area (Å²) in [4.78, 5) is 14.0. The molecule has 2 atom stereocenters. The Hall–Kier alpha value is -1.55. The number of carbonyl (C=O) groups excluding carboxylic acids is 1. The molecule has 0 fully saturated rings. The summed E-state index contributed by atoms with van der Waals surface area (Å²) in [6, 6.07) is 6.57. The first kappa shape index (κ1) is 23.5. The van der Waals surface area contributed by atoms with Gasteiger partial charge in [-0.2, -0.15) is 0 Å². The molecule has 0 aliphatic carbocycles. The Morgan fingerprint density at radius 1 is 1.19 bits per heavy atom. The lowest BCUT2D eigenvalue weighted by molar-refractivity contribution is -0.0983. The first-order valence-corrected chi connectivity index (χ1v) is 8.95. The van der Waals surface area contributed by atoms with Gasteiger partial charge in [-0.05, 0) is 32.9 Å². The minimum atomic E-state index is -1.53. The average molecular weight is 385 g/mol. The van der Waals surface area contributed by atoms with Gasteiger partial charge >= 0.3 is 0 Å². The number of hydrogen-bond donors (Lipinski definition) is 4. The molecule has 2 unspecified atom stereocenters. The second kappa shape index (κ2) is 11.3. The standard InChI is InChI=1S/C19H31NO7/c1-14(26-13-15(23)12-20(8-10-21)9-11-22)27-17-7-5-4-6-16(17)18(24)19(2,3)25/h4-7,14-15,21-23,25H,8-13H2,1-3H3. The van der Waals surface area contributed by atoms with Crippen molar-refractivity contribution < 1.29 is 34.7 Å². The van der Waals surface area contributed by atoms with Crippen molar-refractivity contribution >= 4 is 5.78 Å². The number of aliphatic hydroxyl groups excluding tert-OH is 3. The van der Waals surface area contributed by atoms with Gasteiger partial charge in [0.15, 0.2) is 12.1 Å². The van der Waals surface area contributed by atoms with Gasteiger partial charge in [-0.1, -0.05) is 12.1 Å². The second-order valence-corrected chi connectivity index (χ2v) is 6.80. The highest BCUT2D eigenvalue weighted by Gasteiger charge is 2.28. The summed E-state index contributed by atoms with van der Waals surface area (Å²) in [5.41, 5.74) is -1.28. The average Bonchev–Trinajstić information content (AvgIpc) is 2.59. The molecule has 27 heavy (non-hydrogen) atoms. The summed E-state index contributed by atoms with van der Waals surface area (Å²) in [5, 5.41) is 38.0. The third-order valence-corrected chi connectivity index (χ3v) is 3.81. The number of aliphatic hydroxyl groups is 4. The van der Waals surface area contributed by atoms with Gasteiger partial charge in [-0.3, -0.25) is 9.69 Å². The zero-order valence-electron chi connectivity index (χ0n) is 16.2. The molecule has 0 aromatic heterocycles. The smallest absolute Gasteiger partial charge is 0.197 e. The number of Topliss-reactive ketones (excluding diaryl/α,β-unsaturated/α-hetero) is 1. The van der Waals surface area contributed by atoms with E-state index >= 15 is 0 Å². The maximum absolute atomic E-state index is 12.3. The number of ketones is 1. The molecule has 0 aliphatic heterocycles. The van der Waals surface area contributed by atoms with Crippen molar-refractivity contribution in [3.05, 3.63) is 29.8 Å². The van der Waals surface area contributed by atoms with Crippen LogP contribution in [0.5, 0.6) is 5.75 Å². The number of hydrogen-bond acceptors (Lipinski definition) is 8. The van der Waals surface area contributed by atoms with Crippen molar-refractivity contribution in [2.45, 2.75) is 38.8 Å². The van der Waals surface area contributed by atoms with Crippen molar-refractivity contribution in [1.82, 2.24) is 4.90 Å². The molecule has 0 amide bonds. The van der Waals surface area contributed by atoms with Crippen LogP contribution in [0.15, 0.2) is 24.3 Å². The molecule has 0 saturated heterocycles. The van der Waals surface area contributed by atoms with Crippen LogP contribution in [-0.4, -0.2) is 88.6 Å². The van der Waals surface area contributed by atoms with Crippen LogP contribution in [0.2, 0.25) is 0 Å². The van der Waals surface area contributed by atoms with E-state index in [0.29, 0.717) is 13.1 Å². The van der Waals surface area contributed by atoms with Gasteiger partial charge < -0.3 is 29.9 Å². The van der Waals surface area contributed by atoms with E-state index < -0.39 is 23.8 Å². The quantitative estimate of drug-likeness (QED) is 0.277. The number of nitrogens with zero attached hydrogens (tertiary/aromatic N) is 1.